The highest BCUT2D eigenvalue weighted by atomic mass is 35.5. The summed E-state index contributed by atoms with van der Waals surface area (Å²) >= 11 is 13.7. The molecule has 0 unspecified atom stereocenters. The van der Waals surface area contributed by atoms with Gasteiger partial charge in [0, 0.05) is 30.0 Å². The molecule has 0 spiro atoms. The summed E-state index contributed by atoms with van der Waals surface area (Å²) in [4.78, 5) is 48.4. The second kappa shape index (κ2) is 9.68. The number of esters is 2. The zero-order chi connectivity index (χ0) is 23.6. The van der Waals surface area contributed by atoms with E-state index in [1.807, 2.05) is 0 Å². The summed E-state index contributed by atoms with van der Waals surface area (Å²) in [5.41, 5.74) is 6.67. The summed E-state index contributed by atoms with van der Waals surface area (Å²) in [6.07, 6.45) is -0.0542. The summed E-state index contributed by atoms with van der Waals surface area (Å²) in [7, 11) is 1.28. The summed E-state index contributed by atoms with van der Waals surface area (Å²) in [5, 5.41) is 0.471. The normalized spacial score (nSPS) is 10.8. The number of nitrogens with two attached hydrogens (primary N) is 1. The Bertz CT molecular complexity index is 1270. The number of benzene rings is 2. The Balaban J connectivity index is 1.96. The molecule has 10 heteroatoms. The number of primary amides is 1. The van der Waals surface area contributed by atoms with Crippen LogP contribution in [0.2, 0.25) is 10.0 Å². The largest absolute Gasteiger partial charge is 0.465 e. The van der Waals surface area contributed by atoms with Gasteiger partial charge in [-0.3, -0.25) is 14.4 Å². The number of ketones is 1. The maximum absolute atomic E-state index is 12.8. The minimum atomic E-state index is -0.737. The van der Waals surface area contributed by atoms with E-state index < -0.39 is 17.8 Å². The van der Waals surface area contributed by atoms with Gasteiger partial charge in [0.05, 0.1) is 28.0 Å². The standard InChI is InChI=1S/C22H17Cl2NO6S/c1-10(26)31-19-15(23)9-14-17(21(25)28)16(32-20(14)18(19)24)8-13(27)7-11-4-3-5-12(6-11)22(29)30-2/h3-6,9H,7-8H2,1-2H3,(H2,25,28). The number of fused-ring (bicyclic) bond motifs is 1. The molecule has 7 nitrogen and oxygen atoms in total. The first-order chi connectivity index (χ1) is 15.1. The van der Waals surface area contributed by atoms with Crippen LogP contribution in [0.4, 0.5) is 0 Å². The fourth-order valence-electron chi connectivity index (χ4n) is 3.22. The van der Waals surface area contributed by atoms with Crippen LogP contribution in [0.25, 0.3) is 10.1 Å². The molecule has 2 aromatic carbocycles. The average Bonchev–Trinajstić information content (AvgIpc) is 3.08. The number of methoxy groups -OCH3 is 1. The molecule has 1 amide bonds. The van der Waals surface area contributed by atoms with E-state index in [1.54, 1.807) is 24.3 Å². The summed E-state index contributed by atoms with van der Waals surface area (Å²) < 4.78 is 10.2. The molecule has 0 radical (unpaired) electrons. The van der Waals surface area contributed by atoms with E-state index in [0.29, 0.717) is 26.1 Å². The van der Waals surface area contributed by atoms with Crippen molar-refractivity contribution in [3.63, 3.8) is 0 Å². The van der Waals surface area contributed by atoms with Gasteiger partial charge in [-0.05, 0) is 23.8 Å². The number of Topliss-reactive ketones (excluding diaryl/α,β-unsaturated/α-hetero) is 1. The second-order valence-electron chi connectivity index (χ2n) is 6.82. The highest BCUT2D eigenvalue weighted by molar-refractivity contribution is 7.20. The van der Waals surface area contributed by atoms with Gasteiger partial charge in [0.25, 0.3) is 0 Å². The number of carbonyl (C=O) groups is 4. The predicted octanol–water partition coefficient (Wildman–Crippen LogP) is 4.37. The van der Waals surface area contributed by atoms with Crippen LogP contribution in [0.15, 0.2) is 30.3 Å². The van der Waals surface area contributed by atoms with Crippen LogP contribution in [-0.4, -0.2) is 30.7 Å². The van der Waals surface area contributed by atoms with Crippen molar-refractivity contribution >= 4 is 68.3 Å². The van der Waals surface area contributed by atoms with Crippen LogP contribution in [-0.2, 0) is 27.2 Å². The number of rotatable bonds is 7. The third-order valence-corrected chi connectivity index (χ3v) is 6.48. The van der Waals surface area contributed by atoms with Crippen LogP contribution in [0.1, 0.15) is 38.1 Å². The minimum absolute atomic E-state index is 0.0249. The molecule has 0 fully saturated rings. The van der Waals surface area contributed by atoms with E-state index in [4.69, 9.17) is 38.4 Å². The molecular weight excluding hydrogens is 477 g/mol. The second-order valence-corrected chi connectivity index (χ2v) is 8.71. The van der Waals surface area contributed by atoms with E-state index in [9.17, 15) is 19.2 Å². The molecule has 32 heavy (non-hydrogen) atoms. The van der Waals surface area contributed by atoms with Crippen molar-refractivity contribution in [3.05, 3.63) is 61.9 Å². The van der Waals surface area contributed by atoms with Gasteiger partial charge in [-0.15, -0.1) is 11.3 Å². The Morgan fingerprint density at radius 3 is 2.44 bits per heavy atom. The first-order valence-corrected chi connectivity index (χ1v) is 10.8. The number of ether oxygens (including phenoxy) is 2. The highest BCUT2D eigenvalue weighted by Crippen LogP contribution is 2.45. The van der Waals surface area contributed by atoms with Gasteiger partial charge in [0.1, 0.15) is 10.8 Å². The van der Waals surface area contributed by atoms with Crippen LogP contribution < -0.4 is 10.5 Å². The van der Waals surface area contributed by atoms with E-state index >= 15 is 0 Å². The summed E-state index contributed by atoms with van der Waals surface area (Å²) in [6, 6.07) is 7.97. The van der Waals surface area contributed by atoms with Crippen molar-refractivity contribution < 1.29 is 28.7 Å². The molecule has 1 heterocycles. The van der Waals surface area contributed by atoms with E-state index in [1.165, 1.54) is 20.1 Å². The van der Waals surface area contributed by atoms with Crippen molar-refractivity contribution in [2.24, 2.45) is 5.73 Å². The number of halogens is 2. The minimum Gasteiger partial charge on any atom is -0.465 e. The topological polar surface area (TPSA) is 113 Å². The Morgan fingerprint density at radius 2 is 1.81 bits per heavy atom. The predicted molar refractivity (Wildman–Crippen MR) is 122 cm³/mol. The third kappa shape index (κ3) is 4.93. The quantitative estimate of drug-likeness (QED) is 0.386. The molecule has 0 saturated carbocycles. The molecular formula is C22H17Cl2NO6S. The fraction of sp³-hybridized carbons (Fsp3) is 0.182. The van der Waals surface area contributed by atoms with Gasteiger partial charge in [-0.1, -0.05) is 35.3 Å². The van der Waals surface area contributed by atoms with Gasteiger partial charge in [0.2, 0.25) is 5.91 Å². The number of carbonyl (C=O) groups excluding carboxylic acids is 4. The number of amides is 1. The van der Waals surface area contributed by atoms with Crippen molar-refractivity contribution in [3.8, 4) is 5.75 Å². The monoisotopic (exact) mass is 493 g/mol. The zero-order valence-electron chi connectivity index (χ0n) is 17.0. The van der Waals surface area contributed by atoms with Crippen LogP contribution >= 0.6 is 34.5 Å². The molecule has 0 aliphatic rings. The molecule has 2 N–H and O–H groups in total. The first kappa shape index (κ1) is 23.7. The molecule has 0 atom stereocenters. The molecule has 0 aliphatic heterocycles. The van der Waals surface area contributed by atoms with E-state index in [2.05, 4.69) is 0 Å². The molecule has 0 aliphatic carbocycles. The molecule has 0 bridgehead atoms. The lowest BCUT2D eigenvalue weighted by atomic mass is 10.0. The number of hydrogen-bond acceptors (Lipinski definition) is 7. The SMILES string of the molecule is COC(=O)c1cccc(CC(=O)Cc2sc3c(Cl)c(OC(C)=O)c(Cl)cc3c2C(N)=O)c1. The summed E-state index contributed by atoms with van der Waals surface area (Å²) in [5.74, 6) is -2.08. The molecule has 3 rings (SSSR count). The average molecular weight is 494 g/mol. The zero-order valence-corrected chi connectivity index (χ0v) is 19.3. The van der Waals surface area contributed by atoms with Crippen molar-refractivity contribution in [2.45, 2.75) is 19.8 Å². The Kier molecular flexibility index (Phi) is 7.18. The van der Waals surface area contributed by atoms with Crippen molar-refractivity contribution in [1.82, 2.24) is 0 Å². The van der Waals surface area contributed by atoms with E-state index in [-0.39, 0.29) is 40.0 Å². The van der Waals surface area contributed by atoms with Crippen molar-refractivity contribution in [2.75, 3.05) is 7.11 Å². The van der Waals surface area contributed by atoms with Gasteiger partial charge >= 0.3 is 11.9 Å². The smallest absolute Gasteiger partial charge is 0.337 e. The lowest BCUT2D eigenvalue weighted by molar-refractivity contribution is -0.131. The molecule has 166 valence electrons. The van der Waals surface area contributed by atoms with Crippen LogP contribution in [0.5, 0.6) is 5.75 Å². The first-order valence-electron chi connectivity index (χ1n) is 9.22. The van der Waals surface area contributed by atoms with Crippen molar-refractivity contribution in [1.29, 1.82) is 0 Å². The van der Waals surface area contributed by atoms with E-state index in [0.717, 1.165) is 11.3 Å². The molecule has 0 saturated heterocycles. The molecule has 1 aromatic heterocycles. The number of thiophene rings is 1. The fourth-order valence-corrected chi connectivity index (χ4v) is 5.12. The highest BCUT2D eigenvalue weighted by Gasteiger charge is 2.24. The number of hydrogen-bond donors (Lipinski definition) is 1. The Morgan fingerprint density at radius 1 is 1.09 bits per heavy atom. The third-order valence-electron chi connectivity index (χ3n) is 4.50. The lowest BCUT2D eigenvalue weighted by Gasteiger charge is -2.07. The Labute approximate surface area is 197 Å². The van der Waals surface area contributed by atoms with Gasteiger partial charge in [-0.2, -0.15) is 0 Å². The maximum Gasteiger partial charge on any atom is 0.337 e. The Hall–Kier alpha value is -2.94. The molecule has 3 aromatic rings. The van der Waals surface area contributed by atoms with Gasteiger partial charge in [0.15, 0.2) is 5.75 Å². The van der Waals surface area contributed by atoms with Crippen LogP contribution in [0.3, 0.4) is 0 Å². The lowest BCUT2D eigenvalue weighted by Crippen LogP contribution is -2.15. The summed E-state index contributed by atoms with van der Waals surface area (Å²) in [6.45, 7) is 1.21. The van der Waals surface area contributed by atoms with Gasteiger partial charge in [-0.25, -0.2) is 4.79 Å². The maximum atomic E-state index is 12.8. The van der Waals surface area contributed by atoms with Crippen LogP contribution in [0, 0.1) is 0 Å². The van der Waals surface area contributed by atoms with Gasteiger partial charge < -0.3 is 15.2 Å².